The summed E-state index contributed by atoms with van der Waals surface area (Å²) in [6.07, 6.45) is 5.86. The van der Waals surface area contributed by atoms with Crippen molar-refractivity contribution in [1.82, 2.24) is 24.8 Å². The van der Waals surface area contributed by atoms with Crippen LogP contribution in [-0.2, 0) is 19.5 Å². The van der Waals surface area contributed by atoms with Gasteiger partial charge in [-0.25, -0.2) is 4.98 Å². The molecule has 5 heterocycles. The number of fused-ring (bicyclic) bond motifs is 1. The Morgan fingerprint density at radius 2 is 2.19 bits per heavy atom. The van der Waals surface area contributed by atoms with Crippen molar-refractivity contribution in [3.8, 4) is 0 Å². The van der Waals surface area contributed by atoms with Crippen LogP contribution in [0.5, 0.6) is 0 Å². The van der Waals surface area contributed by atoms with Gasteiger partial charge in [0.2, 0.25) is 0 Å². The van der Waals surface area contributed by atoms with Crippen LogP contribution in [0.15, 0.2) is 46.8 Å². The molecule has 0 aromatic carbocycles. The lowest BCUT2D eigenvalue weighted by atomic mass is 9.96. The van der Waals surface area contributed by atoms with Crippen LogP contribution in [0.2, 0.25) is 0 Å². The van der Waals surface area contributed by atoms with Crippen molar-refractivity contribution in [3.05, 3.63) is 79.9 Å². The third-order valence-electron chi connectivity index (χ3n) is 6.13. The van der Waals surface area contributed by atoms with E-state index in [9.17, 15) is 9.59 Å². The summed E-state index contributed by atoms with van der Waals surface area (Å²) in [6, 6.07) is 7.76. The molecule has 1 saturated heterocycles. The topological polar surface area (TPSA) is 82.2 Å². The van der Waals surface area contributed by atoms with Gasteiger partial charge in [0.05, 0.1) is 16.8 Å². The molecule has 0 spiro atoms. The fourth-order valence-electron chi connectivity index (χ4n) is 4.51. The Labute approximate surface area is 184 Å². The van der Waals surface area contributed by atoms with E-state index in [0.29, 0.717) is 18.7 Å². The molecule has 1 fully saturated rings. The molecule has 0 radical (unpaired) electrons. The number of pyridine rings is 1. The van der Waals surface area contributed by atoms with Gasteiger partial charge in [0, 0.05) is 62.3 Å². The molecule has 0 unspecified atom stereocenters. The highest BCUT2D eigenvalue weighted by Gasteiger charge is 2.29. The first-order valence-electron chi connectivity index (χ1n) is 10.7. The van der Waals surface area contributed by atoms with Gasteiger partial charge < -0.3 is 9.88 Å². The lowest BCUT2D eigenvalue weighted by Gasteiger charge is -2.33. The second-order valence-electron chi connectivity index (χ2n) is 8.25. The zero-order chi connectivity index (χ0) is 21.2. The van der Waals surface area contributed by atoms with Crippen molar-refractivity contribution in [3.63, 3.8) is 0 Å². The molecular formula is C23H25N5O2S. The maximum absolute atomic E-state index is 12.9. The Morgan fingerprint density at radius 3 is 3.00 bits per heavy atom. The number of amides is 1. The number of aromatic amines is 1. The second-order valence-corrected chi connectivity index (χ2v) is 9.28. The zero-order valence-corrected chi connectivity index (χ0v) is 18.1. The van der Waals surface area contributed by atoms with Crippen molar-refractivity contribution in [2.45, 2.75) is 38.3 Å². The van der Waals surface area contributed by atoms with E-state index >= 15 is 0 Å². The summed E-state index contributed by atoms with van der Waals surface area (Å²) in [7, 11) is 0. The third-order valence-corrected chi connectivity index (χ3v) is 6.99. The highest BCUT2D eigenvalue weighted by Crippen LogP contribution is 2.26. The summed E-state index contributed by atoms with van der Waals surface area (Å²) in [6.45, 7) is 3.69. The number of piperidine rings is 1. The summed E-state index contributed by atoms with van der Waals surface area (Å²) in [5, 5.41) is 2.08. The quantitative estimate of drug-likeness (QED) is 0.682. The first-order valence-corrected chi connectivity index (χ1v) is 11.6. The molecule has 1 atom stereocenters. The summed E-state index contributed by atoms with van der Waals surface area (Å²) >= 11 is 1.74. The van der Waals surface area contributed by atoms with Crippen LogP contribution in [-0.4, -0.2) is 50.3 Å². The molecule has 31 heavy (non-hydrogen) atoms. The molecule has 3 aromatic heterocycles. The summed E-state index contributed by atoms with van der Waals surface area (Å²) < 4.78 is 0. The molecule has 160 valence electrons. The molecule has 0 bridgehead atoms. The lowest BCUT2D eigenvalue weighted by molar-refractivity contribution is 0.0704. The van der Waals surface area contributed by atoms with Crippen molar-refractivity contribution in [1.29, 1.82) is 0 Å². The van der Waals surface area contributed by atoms with Gasteiger partial charge >= 0.3 is 0 Å². The summed E-state index contributed by atoms with van der Waals surface area (Å²) in [5.74, 6) is 0.762. The standard InChI is InChI=1S/C23H25N5O2S/c29-22-19-15-27(14-18-6-3-11-31-18)10-7-20(19)25-21(26-22)17-5-2-9-28(13-17)23(30)16-4-1-8-24-12-16/h1,3-4,6,8,11-12,17H,2,5,7,9-10,13-15H2,(H,25,26,29)/t17-/m0/s1. The van der Waals surface area contributed by atoms with E-state index in [1.807, 2.05) is 4.90 Å². The van der Waals surface area contributed by atoms with Crippen molar-refractivity contribution < 1.29 is 4.79 Å². The number of aromatic nitrogens is 3. The van der Waals surface area contributed by atoms with Gasteiger partial charge in [-0.1, -0.05) is 6.07 Å². The molecule has 3 aromatic rings. The normalized spacial score (nSPS) is 19.2. The molecule has 1 N–H and O–H groups in total. The van der Waals surface area contributed by atoms with E-state index in [2.05, 4.69) is 32.4 Å². The molecule has 5 rings (SSSR count). The fourth-order valence-corrected chi connectivity index (χ4v) is 5.25. The minimum atomic E-state index is -0.0356. The predicted octanol–water partition coefficient (Wildman–Crippen LogP) is 2.80. The monoisotopic (exact) mass is 435 g/mol. The lowest BCUT2D eigenvalue weighted by Crippen LogP contribution is -2.41. The van der Waals surface area contributed by atoms with E-state index in [0.717, 1.165) is 56.0 Å². The maximum atomic E-state index is 12.9. The van der Waals surface area contributed by atoms with Crippen LogP contribution < -0.4 is 5.56 Å². The number of nitrogens with zero attached hydrogens (tertiary/aromatic N) is 4. The Kier molecular flexibility index (Phi) is 5.65. The molecule has 7 nitrogen and oxygen atoms in total. The van der Waals surface area contributed by atoms with Crippen LogP contribution in [0.3, 0.4) is 0 Å². The molecular weight excluding hydrogens is 410 g/mol. The van der Waals surface area contributed by atoms with Gasteiger partial charge in [-0.05, 0) is 36.4 Å². The Balaban J connectivity index is 1.32. The van der Waals surface area contributed by atoms with Crippen LogP contribution in [0, 0.1) is 0 Å². The Bertz CT molecular complexity index is 1110. The van der Waals surface area contributed by atoms with Gasteiger partial charge in [-0.2, -0.15) is 0 Å². The van der Waals surface area contributed by atoms with Crippen molar-refractivity contribution >= 4 is 17.2 Å². The molecule has 0 aliphatic carbocycles. The fraction of sp³-hybridized carbons (Fsp3) is 0.391. The highest BCUT2D eigenvalue weighted by atomic mass is 32.1. The molecule has 2 aliphatic rings. The van der Waals surface area contributed by atoms with Gasteiger partial charge in [0.15, 0.2) is 0 Å². The summed E-state index contributed by atoms with van der Waals surface area (Å²) in [4.78, 5) is 43.2. The van der Waals surface area contributed by atoms with Crippen LogP contribution in [0.25, 0.3) is 0 Å². The van der Waals surface area contributed by atoms with Gasteiger partial charge in [0.1, 0.15) is 5.82 Å². The SMILES string of the molecule is O=C(c1cccnc1)N1CCC[C@H](c2nc3c(c(=O)[nH]2)CN(Cc2cccs2)CC3)C1. The Hall–Kier alpha value is -2.84. The molecule has 1 amide bonds. The number of rotatable bonds is 4. The number of nitrogens with one attached hydrogen (secondary N) is 1. The van der Waals surface area contributed by atoms with E-state index in [-0.39, 0.29) is 17.4 Å². The minimum Gasteiger partial charge on any atom is -0.338 e. The third kappa shape index (κ3) is 4.31. The predicted molar refractivity (Wildman–Crippen MR) is 119 cm³/mol. The van der Waals surface area contributed by atoms with E-state index in [1.54, 1.807) is 35.9 Å². The Morgan fingerprint density at radius 1 is 1.26 bits per heavy atom. The largest absolute Gasteiger partial charge is 0.338 e. The van der Waals surface area contributed by atoms with Gasteiger partial charge in [-0.3, -0.25) is 19.5 Å². The number of likely N-dealkylation sites (tertiary alicyclic amines) is 1. The smallest absolute Gasteiger partial charge is 0.255 e. The maximum Gasteiger partial charge on any atom is 0.255 e. The van der Waals surface area contributed by atoms with Crippen molar-refractivity contribution in [2.24, 2.45) is 0 Å². The first kappa shape index (κ1) is 20.1. The van der Waals surface area contributed by atoms with Crippen LogP contribution in [0.4, 0.5) is 0 Å². The number of carbonyl (C=O) groups is 1. The molecule has 8 heteroatoms. The highest BCUT2D eigenvalue weighted by molar-refractivity contribution is 7.09. The summed E-state index contributed by atoms with van der Waals surface area (Å²) in [5.41, 5.74) is 2.26. The van der Waals surface area contributed by atoms with Crippen LogP contribution in [0.1, 0.15) is 51.1 Å². The van der Waals surface area contributed by atoms with E-state index in [4.69, 9.17) is 4.98 Å². The first-order chi connectivity index (χ1) is 15.2. The van der Waals surface area contributed by atoms with E-state index < -0.39 is 0 Å². The average Bonchev–Trinajstić information content (AvgIpc) is 3.32. The van der Waals surface area contributed by atoms with Crippen LogP contribution >= 0.6 is 11.3 Å². The number of hydrogen-bond acceptors (Lipinski definition) is 6. The second kappa shape index (κ2) is 8.72. The van der Waals surface area contributed by atoms with Gasteiger partial charge in [0.25, 0.3) is 11.5 Å². The number of H-pyrrole nitrogens is 1. The number of carbonyl (C=O) groups excluding carboxylic acids is 1. The van der Waals surface area contributed by atoms with Gasteiger partial charge in [-0.15, -0.1) is 11.3 Å². The molecule has 2 aliphatic heterocycles. The van der Waals surface area contributed by atoms with Crippen molar-refractivity contribution in [2.75, 3.05) is 19.6 Å². The molecule has 0 saturated carbocycles. The zero-order valence-electron chi connectivity index (χ0n) is 17.3. The average molecular weight is 436 g/mol. The number of thiophene rings is 1. The minimum absolute atomic E-state index is 0.0117. The van der Waals surface area contributed by atoms with E-state index in [1.165, 1.54) is 4.88 Å². The number of hydrogen-bond donors (Lipinski definition) is 1.